The second-order valence-corrected chi connectivity index (χ2v) is 6.21. The lowest BCUT2D eigenvalue weighted by molar-refractivity contribution is 0.0564. The Bertz CT molecular complexity index is 431. The van der Waals surface area contributed by atoms with E-state index >= 15 is 0 Å². The molecule has 0 amide bonds. The van der Waals surface area contributed by atoms with E-state index in [1.807, 2.05) is 6.07 Å². The third-order valence-corrected chi connectivity index (χ3v) is 3.38. The van der Waals surface area contributed by atoms with Crippen LogP contribution in [0, 0.1) is 0 Å². The van der Waals surface area contributed by atoms with E-state index < -0.39 is 15.7 Å². The molecule has 1 rings (SSSR count). The highest BCUT2D eigenvalue weighted by Gasteiger charge is 2.16. The van der Waals surface area contributed by atoms with Gasteiger partial charge < -0.3 is 5.11 Å². The summed E-state index contributed by atoms with van der Waals surface area (Å²) in [5, 5.41) is 9.43. The Labute approximate surface area is 102 Å². The molecule has 0 aliphatic heterocycles. The van der Waals surface area contributed by atoms with Crippen molar-refractivity contribution in [3.05, 3.63) is 35.9 Å². The molecule has 0 saturated heterocycles. The van der Waals surface area contributed by atoms with Crippen LogP contribution in [0.5, 0.6) is 0 Å². The first kappa shape index (κ1) is 14.2. The quantitative estimate of drug-likeness (QED) is 0.789. The average molecular weight is 258 g/mol. The summed E-state index contributed by atoms with van der Waals surface area (Å²) in [6.45, 7) is 3.22. The number of hydrogen-bond donors (Lipinski definition) is 1. The summed E-state index contributed by atoms with van der Waals surface area (Å²) < 4.78 is 28.0. The van der Waals surface area contributed by atoms with Crippen LogP contribution in [0.1, 0.15) is 25.8 Å². The fourth-order valence-electron chi connectivity index (χ4n) is 1.24. The fraction of sp³-hybridized carbons (Fsp3) is 0.500. The molecule has 17 heavy (non-hydrogen) atoms. The highest BCUT2D eigenvalue weighted by molar-refractivity contribution is 7.85. The third kappa shape index (κ3) is 6.41. The van der Waals surface area contributed by atoms with E-state index in [-0.39, 0.29) is 18.8 Å². The minimum absolute atomic E-state index is 0.00132. The number of hydrogen-bond acceptors (Lipinski definition) is 4. The Morgan fingerprint density at radius 1 is 1.24 bits per heavy atom. The Balaban J connectivity index is 2.48. The van der Waals surface area contributed by atoms with E-state index in [9.17, 15) is 13.5 Å². The zero-order valence-corrected chi connectivity index (χ0v) is 10.9. The molecule has 0 aliphatic carbocycles. The van der Waals surface area contributed by atoms with Crippen LogP contribution in [0.25, 0.3) is 0 Å². The van der Waals surface area contributed by atoms with Crippen molar-refractivity contribution in [2.75, 3.05) is 6.61 Å². The first-order valence-electron chi connectivity index (χ1n) is 5.42. The smallest absolute Gasteiger partial charge is 0.271 e. The van der Waals surface area contributed by atoms with Gasteiger partial charge in [0.1, 0.15) is 5.75 Å². The van der Waals surface area contributed by atoms with Crippen molar-refractivity contribution >= 4 is 10.1 Å². The predicted octanol–water partition coefficient (Wildman–Crippen LogP) is 1.69. The van der Waals surface area contributed by atoms with Crippen molar-refractivity contribution in [2.45, 2.75) is 31.6 Å². The van der Waals surface area contributed by atoms with Crippen LogP contribution in [-0.2, 0) is 20.1 Å². The number of benzene rings is 1. The molecular formula is C12H18O4S. The molecule has 0 radical (unpaired) electrons. The molecule has 0 saturated carbocycles. The SMILES string of the molecule is CC(C)(O)CCOS(=O)(=O)Cc1ccccc1. The molecule has 0 heterocycles. The lowest BCUT2D eigenvalue weighted by atomic mass is 10.1. The lowest BCUT2D eigenvalue weighted by Crippen LogP contribution is -2.22. The van der Waals surface area contributed by atoms with E-state index in [2.05, 4.69) is 0 Å². The largest absolute Gasteiger partial charge is 0.390 e. The van der Waals surface area contributed by atoms with Crippen LogP contribution < -0.4 is 0 Å². The summed E-state index contributed by atoms with van der Waals surface area (Å²) in [6, 6.07) is 8.85. The van der Waals surface area contributed by atoms with E-state index in [4.69, 9.17) is 4.18 Å². The zero-order valence-electron chi connectivity index (χ0n) is 10.1. The molecule has 5 heteroatoms. The monoisotopic (exact) mass is 258 g/mol. The highest BCUT2D eigenvalue weighted by atomic mass is 32.2. The van der Waals surface area contributed by atoms with Gasteiger partial charge in [0.15, 0.2) is 0 Å². The Morgan fingerprint density at radius 2 is 1.82 bits per heavy atom. The summed E-state index contributed by atoms with van der Waals surface area (Å²) in [4.78, 5) is 0. The van der Waals surface area contributed by atoms with Gasteiger partial charge in [-0.25, -0.2) is 0 Å². The fourth-order valence-corrected chi connectivity index (χ4v) is 2.26. The standard InChI is InChI=1S/C12H18O4S/c1-12(2,13)8-9-16-17(14,15)10-11-6-4-3-5-7-11/h3-7,13H,8-10H2,1-2H3. The van der Waals surface area contributed by atoms with Crippen LogP contribution >= 0.6 is 0 Å². The Morgan fingerprint density at radius 3 is 2.35 bits per heavy atom. The van der Waals surface area contributed by atoms with Crippen molar-refractivity contribution < 1.29 is 17.7 Å². The van der Waals surface area contributed by atoms with Crippen molar-refractivity contribution in [3.63, 3.8) is 0 Å². The Kier molecular flexibility index (Phi) is 4.68. The first-order chi connectivity index (χ1) is 7.79. The van der Waals surface area contributed by atoms with Crippen molar-refractivity contribution in [3.8, 4) is 0 Å². The van der Waals surface area contributed by atoms with Crippen LogP contribution in [0.2, 0.25) is 0 Å². The molecule has 0 spiro atoms. The minimum atomic E-state index is -3.57. The lowest BCUT2D eigenvalue weighted by Gasteiger charge is -2.16. The van der Waals surface area contributed by atoms with Crippen molar-refractivity contribution in [1.82, 2.24) is 0 Å². The molecule has 1 aromatic rings. The van der Waals surface area contributed by atoms with Gasteiger partial charge >= 0.3 is 0 Å². The van der Waals surface area contributed by atoms with E-state index in [1.165, 1.54) is 0 Å². The normalized spacial score (nSPS) is 12.6. The second-order valence-electron chi connectivity index (χ2n) is 4.57. The summed E-state index contributed by atoms with van der Waals surface area (Å²) >= 11 is 0. The number of rotatable bonds is 6. The maximum Gasteiger partial charge on any atom is 0.271 e. The summed E-state index contributed by atoms with van der Waals surface area (Å²) in [5.41, 5.74) is -0.224. The first-order valence-corrected chi connectivity index (χ1v) is 7.00. The van der Waals surface area contributed by atoms with Gasteiger partial charge in [-0.3, -0.25) is 4.18 Å². The van der Waals surface area contributed by atoms with Gasteiger partial charge in [-0.15, -0.1) is 0 Å². The van der Waals surface area contributed by atoms with Crippen molar-refractivity contribution in [1.29, 1.82) is 0 Å². The molecule has 4 nitrogen and oxygen atoms in total. The van der Waals surface area contributed by atoms with Gasteiger partial charge in [0.25, 0.3) is 10.1 Å². The summed E-state index contributed by atoms with van der Waals surface area (Å²) in [7, 11) is -3.57. The maximum atomic E-state index is 11.6. The molecule has 0 bridgehead atoms. The molecule has 0 atom stereocenters. The molecule has 96 valence electrons. The third-order valence-electron chi connectivity index (χ3n) is 2.16. The predicted molar refractivity (Wildman–Crippen MR) is 65.9 cm³/mol. The van der Waals surface area contributed by atoms with Crippen molar-refractivity contribution in [2.24, 2.45) is 0 Å². The summed E-state index contributed by atoms with van der Waals surface area (Å²) in [6.07, 6.45) is 0.279. The summed E-state index contributed by atoms with van der Waals surface area (Å²) in [5.74, 6) is -0.139. The average Bonchev–Trinajstić information content (AvgIpc) is 2.15. The second kappa shape index (κ2) is 5.62. The molecule has 1 N–H and O–H groups in total. The molecule has 1 aromatic carbocycles. The van der Waals surface area contributed by atoms with Gasteiger partial charge in [-0.2, -0.15) is 8.42 Å². The Hall–Kier alpha value is -0.910. The van der Waals surface area contributed by atoms with Crippen LogP contribution in [0.4, 0.5) is 0 Å². The molecule has 0 aliphatic rings. The van der Waals surface area contributed by atoms with Gasteiger partial charge in [-0.1, -0.05) is 30.3 Å². The minimum Gasteiger partial charge on any atom is -0.390 e. The van der Waals surface area contributed by atoms with Gasteiger partial charge in [0.2, 0.25) is 0 Å². The van der Waals surface area contributed by atoms with E-state index in [0.717, 1.165) is 0 Å². The molecular weight excluding hydrogens is 240 g/mol. The van der Waals surface area contributed by atoms with Gasteiger partial charge in [0, 0.05) is 6.42 Å². The maximum absolute atomic E-state index is 11.6. The highest BCUT2D eigenvalue weighted by Crippen LogP contribution is 2.11. The zero-order chi connectivity index (χ0) is 12.9. The van der Waals surface area contributed by atoms with E-state index in [0.29, 0.717) is 5.56 Å². The van der Waals surface area contributed by atoms with Crippen LogP contribution in [0.3, 0.4) is 0 Å². The van der Waals surface area contributed by atoms with Gasteiger partial charge in [-0.05, 0) is 19.4 Å². The topological polar surface area (TPSA) is 63.6 Å². The molecule has 0 fully saturated rings. The van der Waals surface area contributed by atoms with Crippen LogP contribution in [0.15, 0.2) is 30.3 Å². The molecule has 0 aromatic heterocycles. The van der Waals surface area contributed by atoms with E-state index in [1.54, 1.807) is 38.1 Å². The van der Waals surface area contributed by atoms with Crippen LogP contribution in [-0.4, -0.2) is 25.7 Å². The molecule has 0 unspecified atom stereocenters. The number of aliphatic hydroxyl groups is 1. The van der Waals surface area contributed by atoms with Gasteiger partial charge in [0.05, 0.1) is 12.2 Å².